The molecule has 0 spiro atoms. The number of rotatable bonds is 3. The molecule has 0 bridgehead atoms. The van der Waals surface area contributed by atoms with Gasteiger partial charge in [0.25, 0.3) is 0 Å². The Morgan fingerprint density at radius 1 is 1.17 bits per heavy atom. The maximum absolute atomic E-state index is 12.2. The predicted molar refractivity (Wildman–Crippen MR) is 101 cm³/mol. The van der Waals surface area contributed by atoms with Crippen LogP contribution in [0.1, 0.15) is 24.1 Å². The number of benzene rings is 2. The summed E-state index contributed by atoms with van der Waals surface area (Å²) in [5.41, 5.74) is 2.86. The van der Waals surface area contributed by atoms with Crippen LogP contribution in [0.4, 0.5) is 0 Å². The zero-order chi connectivity index (χ0) is 16.9. The van der Waals surface area contributed by atoms with Crippen LogP contribution >= 0.6 is 15.9 Å². The Kier molecular flexibility index (Phi) is 5.20. The fourth-order valence-electron chi connectivity index (χ4n) is 2.58. The number of hydrogen-bond donors (Lipinski definition) is 1. The van der Waals surface area contributed by atoms with Crippen LogP contribution in [0.3, 0.4) is 0 Å². The lowest BCUT2D eigenvalue weighted by Gasteiger charge is -2.19. The summed E-state index contributed by atoms with van der Waals surface area (Å²) in [6.45, 7) is 2.43. The SMILES string of the molecule is CC1=NC(c2ccccc2)CN=C1NC(=O)Cc1ccc(Br)cc1. The molecular formula is C19H18BrN3O. The van der Waals surface area contributed by atoms with Crippen molar-refractivity contribution in [3.63, 3.8) is 0 Å². The van der Waals surface area contributed by atoms with Gasteiger partial charge in [0, 0.05) is 4.47 Å². The second-order valence-electron chi connectivity index (χ2n) is 5.68. The van der Waals surface area contributed by atoms with Crippen molar-refractivity contribution >= 4 is 33.4 Å². The largest absolute Gasteiger partial charge is 0.309 e. The lowest BCUT2D eigenvalue weighted by atomic mass is 10.1. The topological polar surface area (TPSA) is 53.8 Å². The predicted octanol–water partition coefficient (Wildman–Crippen LogP) is 3.72. The van der Waals surface area contributed by atoms with Crippen LogP contribution < -0.4 is 5.32 Å². The summed E-state index contributed by atoms with van der Waals surface area (Å²) in [6, 6.07) is 17.8. The molecule has 0 aliphatic carbocycles. The van der Waals surface area contributed by atoms with Gasteiger partial charge in [0.05, 0.1) is 24.7 Å². The van der Waals surface area contributed by atoms with E-state index in [1.54, 1.807) is 0 Å². The molecule has 1 unspecified atom stereocenters. The number of halogens is 1. The molecule has 0 saturated carbocycles. The quantitative estimate of drug-likeness (QED) is 0.862. The Morgan fingerprint density at radius 3 is 2.54 bits per heavy atom. The highest BCUT2D eigenvalue weighted by molar-refractivity contribution is 9.10. The van der Waals surface area contributed by atoms with Gasteiger partial charge in [0.15, 0.2) is 0 Å². The monoisotopic (exact) mass is 383 g/mol. The highest BCUT2D eigenvalue weighted by Gasteiger charge is 2.18. The van der Waals surface area contributed by atoms with Gasteiger partial charge in [-0.25, -0.2) is 0 Å². The number of carbonyl (C=O) groups excluding carboxylic acids is 1. The number of nitrogens with zero attached hydrogens (tertiary/aromatic N) is 2. The van der Waals surface area contributed by atoms with Gasteiger partial charge >= 0.3 is 0 Å². The van der Waals surface area contributed by atoms with Crippen LogP contribution in [0.2, 0.25) is 0 Å². The minimum absolute atomic E-state index is 0.0262. The van der Waals surface area contributed by atoms with Crippen molar-refractivity contribution < 1.29 is 4.79 Å². The molecule has 0 aromatic heterocycles. The van der Waals surface area contributed by atoms with Crippen LogP contribution in [0, 0.1) is 0 Å². The summed E-state index contributed by atoms with van der Waals surface area (Å²) >= 11 is 3.39. The highest BCUT2D eigenvalue weighted by atomic mass is 79.9. The molecule has 1 atom stereocenters. The molecule has 1 heterocycles. The maximum Gasteiger partial charge on any atom is 0.229 e. The molecule has 2 aromatic carbocycles. The summed E-state index contributed by atoms with van der Waals surface area (Å²) in [5.74, 6) is 0.494. The first kappa shape index (κ1) is 16.6. The molecule has 1 amide bonds. The molecule has 0 radical (unpaired) electrons. The van der Waals surface area contributed by atoms with Gasteiger partial charge in [-0.1, -0.05) is 58.4 Å². The van der Waals surface area contributed by atoms with Crippen molar-refractivity contribution in [1.29, 1.82) is 0 Å². The summed E-state index contributed by atoms with van der Waals surface area (Å²) < 4.78 is 0.998. The molecule has 1 aliphatic heterocycles. The van der Waals surface area contributed by atoms with E-state index < -0.39 is 0 Å². The number of amidine groups is 1. The van der Waals surface area contributed by atoms with Crippen molar-refractivity contribution in [2.45, 2.75) is 19.4 Å². The van der Waals surface area contributed by atoms with E-state index in [-0.39, 0.29) is 11.9 Å². The van der Waals surface area contributed by atoms with Crippen LogP contribution in [-0.2, 0) is 11.2 Å². The van der Waals surface area contributed by atoms with E-state index in [9.17, 15) is 4.79 Å². The minimum Gasteiger partial charge on any atom is -0.309 e. The van der Waals surface area contributed by atoms with E-state index >= 15 is 0 Å². The van der Waals surface area contributed by atoms with Crippen LogP contribution in [0.5, 0.6) is 0 Å². The fourth-order valence-corrected chi connectivity index (χ4v) is 2.84. The van der Waals surface area contributed by atoms with Crippen LogP contribution in [0.15, 0.2) is 69.1 Å². The number of amides is 1. The number of hydrogen-bond acceptors (Lipinski definition) is 3. The third-order valence-corrected chi connectivity index (χ3v) is 4.36. The van der Waals surface area contributed by atoms with Crippen molar-refractivity contribution in [3.8, 4) is 0 Å². The molecule has 4 nitrogen and oxygen atoms in total. The van der Waals surface area contributed by atoms with Crippen LogP contribution in [-0.4, -0.2) is 24.0 Å². The van der Waals surface area contributed by atoms with Crippen molar-refractivity contribution in [3.05, 3.63) is 70.2 Å². The molecule has 122 valence electrons. The Balaban J connectivity index is 1.62. The van der Waals surface area contributed by atoms with Gasteiger partial charge in [-0.3, -0.25) is 14.8 Å². The van der Waals surface area contributed by atoms with E-state index in [2.05, 4.69) is 31.2 Å². The summed E-state index contributed by atoms with van der Waals surface area (Å²) in [7, 11) is 0. The van der Waals surface area contributed by atoms with Gasteiger partial charge in [-0.15, -0.1) is 0 Å². The maximum atomic E-state index is 12.2. The van der Waals surface area contributed by atoms with Crippen molar-refractivity contribution in [1.82, 2.24) is 5.32 Å². The van der Waals surface area contributed by atoms with Gasteiger partial charge in [0.1, 0.15) is 5.84 Å². The number of aliphatic imine (C=N–C) groups is 2. The van der Waals surface area contributed by atoms with Gasteiger partial charge in [-0.05, 0) is 30.2 Å². The van der Waals surface area contributed by atoms with E-state index in [1.165, 1.54) is 0 Å². The second-order valence-corrected chi connectivity index (χ2v) is 6.60. The first-order chi connectivity index (χ1) is 11.6. The van der Waals surface area contributed by atoms with Crippen molar-refractivity contribution in [2.75, 3.05) is 6.54 Å². The lowest BCUT2D eigenvalue weighted by molar-refractivity contribution is -0.119. The zero-order valence-corrected chi connectivity index (χ0v) is 15.0. The Bertz CT molecular complexity index is 782. The Labute approximate surface area is 149 Å². The third-order valence-electron chi connectivity index (χ3n) is 3.83. The van der Waals surface area contributed by atoms with E-state index in [1.807, 2.05) is 61.5 Å². The molecule has 1 aliphatic rings. The molecule has 5 heteroatoms. The lowest BCUT2D eigenvalue weighted by Crippen LogP contribution is -2.38. The van der Waals surface area contributed by atoms with Gasteiger partial charge < -0.3 is 5.32 Å². The molecule has 24 heavy (non-hydrogen) atoms. The molecule has 1 N–H and O–H groups in total. The molecule has 3 rings (SSSR count). The smallest absolute Gasteiger partial charge is 0.229 e. The second kappa shape index (κ2) is 7.53. The number of nitrogens with one attached hydrogen (secondary N) is 1. The zero-order valence-electron chi connectivity index (χ0n) is 13.4. The molecule has 0 fully saturated rings. The minimum atomic E-state index is -0.0798. The van der Waals surface area contributed by atoms with Gasteiger partial charge in [0.2, 0.25) is 5.91 Å². The van der Waals surface area contributed by atoms with E-state index in [0.29, 0.717) is 18.8 Å². The normalized spacial score (nSPS) is 17.0. The standard InChI is InChI=1S/C19H18BrN3O/c1-13-19(21-12-17(22-13)15-5-3-2-4-6-15)23-18(24)11-14-7-9-16(20)10-8-14/h2-10,17H,11-12H2,1H3,(H,21,23,24). The van der Waals surface area contributed by atoms with Crippen molar-refractivity contribution in [2.24, 2.45) is 9.98 Å². The number of carbonyl (C=O) groups is 1. The first-order valence-electron chi connectivity index (χ1n) is 7.80. The van der Waals surface area contributed by atoms with Crippen LogP contribution in [0.25, 0.3) is 0 Å². The highest BCUT2D eigenvalue weighted by Crippen LogP contribution is 2.20. The first-order valence-corrected chi connectivity index (χ1v) is 8.59. The van der Waals surface area contributed by atoms with E-state index in [0.717, 1.165) is 21.3 Å². The Morgan fingerprint density at radius 2 is 1.88 bits per heavy atom. The molecule has 0 saturated heterocycles. The van der Waals surface area contributed by atoms with Gasteiger partial charge in [-0.2, -0.15) is 0 Å². The molecular weight excluding hydrogens is 366 g/mol. The summed E-state index contributed by atoms with van der Waals surface area (Å²) in [5, 5.41) is 2.87. The average Bonchev–Trinajstić information content (AvgIpc) is 2.59. The molecule has 2 aromatic rings. The third kappa shape index (κ3) is 4.17. The summed E-state index contributed by atoms with van der Waals surface area (Å²) in [4.78, 5) is 21.4. The summed E-state index contributed by atoms with van der Waals surface area (Å²) in [6.07, 6.45) is 0.321. The Hall–Kier alpha value is -2.27. The fraction of sp³-hybridized carbons (Fsp3) is 0.211. The average molecular weight is 384 g/mol. The van der Waals surface area contributed by atoms with E-state index in [4.69, 9.17) is 0 Å².